The van der Waals surface area contributed by atoms with Crippen molar-refractivity contribution in [2.24, 2.45) is 5.92 Å². The minimum atomic E-state index is 0.182. The van der Waals surface area contributed by atoms with Crippen molar-refractivity contribution in [2.45, 2.75) is 85.1 Å². The fourth-order valence-electron chi connectivity index (χ4n) is 4.64. The second-order valence-corrected chi connectivity index (χ2v) is 9.31. The summed E-state index contributed by atoms with van der Waals surface area (Å²) in [4.78, 5) is 19.9. The first-order valence-electron chi connectivity index (χ1n) is 12.6. The molecule has 2 aliphatic rings. The Labute approximate surface area is 203 Å². The van der Waals surface area contributed by atoms with Crippen LogP contribution in [-0.2, 0) is 24.2 Å². The Morgan fingerprint density at radius 1 is 1.00 bits per heavy atom. The van der Waals surface area contributed by atoms with Gasteiger partial charge in [-0.25, -0.2) is 4.98 Å². The lowest BCUT2D eigenvalue weighted by atomic mass is 9.89. The number of carbonyl (C=O) groups excluding carboxylic acids is 1. The molecule has 1 aromatic heterocycles. The Kier molecular flexibility index (Phi) is 9.80. The third kappa shape index (κ3) is 7.33. The van der Waals surface area contributed by atoms with Crippen LogP contribution in [0.1, 0.15) is 81.3 Å². The highest BCUT2D eigenvalue weighted by atomic mass is 35.5. The second kappa shape index (κ2) is 12.8. The number of aromatic amines is 1. The molecule has 5 heteroatoms. The van der Waals surface area contributed by atoms with Crippen LogP contribution in [-0.4, -0.2) is 15.9 Å². The Bertz CT molecular complexity index is 1040. The van der Waals surface area contributed by atoms with Gasteiger partial charge in [-0.3, -0.25) is 4.79 Å². The van der Waals surface area contributed by atoms with E-state index in [1.807, 2.05) is 32.0 Å². The minimum Gasteiger partial charge on any atom is -0.349 e. The van der Waals surface area contributed by atoms with Crippen LogP contribution >= 0.6 is 11.6 Å². The zero-order valence-corrected chi connectivity index (χ0v) is 21.1. The van der Waals surface area contributed by atoms with Crippen LogP contribution in [0.3, 0.4) is 0 Å². The van der Waals surface area contributed by atoms with E-state index in [0.717, 1.165) is 34.7 Å². The highest BCUT2D eigenvalue weighted by Crippen LogP contribution is 2.24. The molecule has 0 radical (unpaired) electrons. The van der Waals surface area contributed by atoms with E-state index in [2.05, 4.69) is 40.4 Å². The Hall–Kier alpha value is -2.33. The van der Waals surface area contributed by atoms with E-state index in [1.165, 1.54) is 61.6 Å². The van der Waals surface area contributed by atoms with Crippen molar-refractivity contribution in [2.75, 3.05) is 0 Å². The van der Waals surface area contributed by atoms with Gasteiger partial charge >= 0.3 is 0 Å². The molecule has 33 heavy (non-hydrogen) atoms. The highest BCUT2D eigenvalue weighted by molar-refractivity contribution is 6.30. The molecule has 0 aliphatic heterocycles. The van der Waals surface area contributed by atoms with Crippen molar-refractivity contribution in [3.05, 3.63) is 63.9 Å². The summed E-state index contributed by atoms with van der Waals surface area (Å²) in [6.07, 6.45) is 10.8. The molecule has 0 spiro atoms. The van der Waals surface area contributed by atoms with E-state index < -0.39 is 0 Å². The number of H-pyrrole nitrogens is 1. The first-order valence-corrected chi connectivity index (χ1v) is 13.0. The molecule has 1 fully saturated rings. The Morgan fingerprint density at radius 2 is 1.73 bits per heavy atom. The van der Waals surface area contributed by atoms with E-state index in [1.54, 1.807) is 0 Å². The standard InChI is InChI=1S/C16H21N3O.C10H11Cl.C2H6/c1-11-7-8-13-14(9-11)19-15(18-13)10-17-16(20)12-5-3-2-4-6-12;11-10-6-5-8-3-1-2-4-9(8)7-10;1-2/h7-9,12H,2-6,10H2,1H3,(H,17,20)(H,18,19);5-7H,1-4H2;1-2H3. The van der Waals surface area contributed by atoms with Gasteiger partial charge in [0, 0.05) is 10.9 Å². The van der Waals surface area contributed by atoms with Gasteiger partial charge in [0.2, 0.25) is 5.91 Å². The molecular formula is C28H38ClN3O. The molecule has 4 nitrogen and oxygen atoms in total. The van der Waals surface area contributed by atoms with Crippen LogP contribution in [0.2, 0.25) is 5.02 Å². The number of hydrogen-bond acceptors (Lipinski definition) is 2. The van der Waals surface area contributed by atoms with Crippen molar-refractivity contribution >= 4 is 28.5 Å². The van der Waals surface area contributed by atoms with Crippen LogP contribution in [0.5, 0.6) is 0 Å². The molecule has 2 aromatic carbocycles. The molecule has 2 aliphatic carbocycles. The quantitative estimate of drug-likeness (QED) is 0.424. The van der Waals surface area contributed by atoms with Gasteiger partial charge < -0.3 is 10.3 Å². The number of nitrogens with zero attached hydrogens (tertiary/aromatic N) is 1. The zero-order valence-electron chi connectivity index (χ0n) is 20.3. The van der Waals surface area contributed by atoms with E-state index >= 15 is 0 Å². The highest BCUT2D eigenvalue weighted by Gasteiger charge is 2.20. The third-order valence-electron chi connectivity index (χ3n) is 6.40. The van der Waals surface area contributed by atoms with Crippen LogP contribution in [0.15, 0.2) is 36.4 Å². The maximum Gasteiger partial charge on any atom is 0.223 e. The number of amides is 1. The number of rotatable bonds is 3. The van der Waals surface area contributed by atoms with Crippen LogP contribution in [0.4, 0.5) is 0 Å². The lowest BCUT2D eigenvalue weighted by Crippen LogP contribution is -2.31. The molecular weight excluding hydrogens is 430 g/mol. The van der Waals surface area contributed by atoms with Gasteiger partial charge in [0.15, 0.2) is 0 Å². The smallest absolute Gasteiger partial charge is 0.223 e. The van der Waals surface area contributed by atoms with Gasteiger partial charge in [-0.05, 0) is 86.4 Å². The summed E-state index contributed by atoms with van der Waals surface area (Å²) in [7, 11) is 0. The van der Waals surface area contributed by atoms with E-state index in [9.17, 15) is 4.79 Å². The number of fused-ring (bicyclic) bond motifs is 2. The third-order valence-corrected chi connectivity index (χ3v) is 6.64. The monoisotopic (exact) mass is 467 g/mol. The molecule has 1 saturated carbocycles. The van der Waals surface area contributed by atoms with E-state index in [0.29, 0.717) is 6.54 Å². The van der Waals surface area contributed by atoms with Crippen molar-refractivity contribution in [3.63, 3.8) is 0 Å². The lowest BCUT2D eigenvalue weighted by molar-refractivity contribution is -0.126. The fraction of sp³-hybridized carbons (Fsp3) is 0.500. The van der Waals surface area contributed by atoms with Crippen molar-refractivity contribution < 1.29 is 4.79 Å². The van der Waals surface area contributed by atoms with Crippen molar-refractivity contribution in [1.29, 1.82) is 0 Å². The maximum atomic E-state index is 12.1. The van der Waals surface area contributed by atoms with Gasteiger partial charge in [0.05, 0.1) is 17.6 Å². The van der Waals surface area contributed by atoms with E-state index in [-0.39, 0.29) is 11.8 Å². The topological polar surface area (TPSA) is 57.8 Å². The molecule has 2 N–H and O–H groups in total. The summed E-state index contributed by atoms with van der Waals surface area (Å²) in [5.74, 6) is 1.21. The second-order valence-electron chi connectivity index (χ2n) is 8.88. The van der Waals surface area contributed by atoms with Gasteiger partial charge in [0.25, 0.3) is 0 Å². The average molecular weight is 468 g/mol. The van der Waals surface area contributed by atoms with Crippen LogP contribution < -0.4 is 5.32 Å². The number of carbonyl (C=O) groups is 1. The summed E-state index contributed by atoms with van der Waals surface area (Å²) in [5.41, 5.74) is 6.16. The molecule has 1 amide bonds. The van der Waals surface area contributed by atoms with Crippen LogP contribution in [0.25, 0.3) is 11.0 Å². The van der Waals surface area contributed by atoms with E-state index in [4.69, 9.17) is 11.6 Å². The number of hydrogen-bond donors (Lipinski definition) is 2. The average Bonchev–Trinajstić information content (AvgIpc) is 3.26. The molecule has 0 saturated heterocycles. The molecule has 178 valence electrons. The summed E-state index contributed by atoms with van der Waals surface area (Å²) >= 11 is 5.88. The van der Waals surface area contributed by atoms with Gasteiger partial charge in [-0.1, -0.05) is 56.8 Å². The molecule has 0 unspecified atom stereocenters. The number of aromatic nitrogens is 2. The lowest BCUT2D eigenvalue weighted by Gasteiger charge is -2.20. The SMILES string of the molecule is CC.Cc1ccc2nc(CNC(=O)C3CCCCC3)[nH]c2c1.Clc1ccc2c(c1)CCCC2. The number of benzene rings is 2. The summed E-state index contributed by atoms with van der Waals surface area (Å²) in [5, 5.41) is 3.89. The fourth-order valence-corrected chi connectivity index (χ4v) is 4.84. The largest absolute Gasteiger partial charge is 0.349 e. The summed E-state index contributed by atoms with van der Waals surface area (Å²) in [6.45, 7) is 6.55. The Morgan fingerprint density at radius 3 is 2.48 bits per heavy atom. The zero-order chi connectivity index (χ0) is 23.6. The van der Waals surface area contributed by atoms with Crippen molar-refractivity contribution in [3.8, 4) is 0 Å². The predicted molar refractivity (Wildman–Crippen MR) is 139 cm³/mol. The molecule has 0 bridgehead atoms. The summed E-state index contributed by atoms with van der Waals surface area (Å²) < 4.78 is 0. The maximum absolute atomic E-state index is 12.1. The van der Waals surface area contributed by atoms with Gasteiger partial charge in [-0.15, -0.1) is 0 Å². The molecule has 3 aromatic rings. The van der Waals surface area contributed by atoms with Crippen molar-refractivity contribution in [1.82, 2.24) is 15.3 Å². The Balaban J connectivity index is 0.000000199. The molecule has 0 atom stereocenters. The number of nitrogens with one attached hydrogen (secondary N) is 2. The predicted octanol–water partition coefficient (Wildman–Crippen LogP) is 7.31. The van der Waals surface area contributed by atoms with Gasteiger partial charge in [-0.2, -0.15) is 0 Å². The first kappa shape index (κ1) is 25.3. The van der Waals surface area contributed by atoms with Gasteiger partial charge in [0.1, 0.15) is 5.82 Å². The number of halogens is 1. The molecule has 1 heterocycles. The summed E-state index contributed by atoms with van der Waals surface area (Å²) in [6, 6.07) is 12.4. The first-order chi connectivity index (χ1) is 16.1. The molecule has 5 rings (SSSR count). The minimum absolute atomic E-state index is 0.182. The number of imidazole rings is 1. The number of aryl methyl sites for hydroxylation is 3. The van der Waals surface area contributed by atoms with Crippen LogP contribution in [0, 0.1) is 12.8 Å². The normalized spacial score (nSPS) is 15.5.